The third-order valence-electron chi connectivity index (χ3n) is 6.16. The maximum absolute atomic E-state index is 13.4. The van der Waals surface area contributed by atoms with Crippen molar-refractivity contribution < 1.29 is 0 Å². The third kappa shape index (κ3) is 3.22. The summed E-state index contributed by atoms with van der Waals surface area (Å²) in [5, 5.41) is 9.31. The second-order valence-electron chi connectivity index (χ2n) is 9.01. The molecular formula is C21H30N4OS. The fourth-order valence-corrected chi connectivity index (χ4v) is 5.77. The number of hydrogen-bond acceptors (Lipinski definition) is 4. The lowest BCUT2D eigenvalue weighted by Gasteiger charge is -2.33. The molecule has 0 aromatic carbocycles. The van der Waals surface area contributed by atoms with Gasteiger partial charge in [0.15, 0.2) is 0 Å². The molecule has 1 unspecified atom stereocenters. The molecule has 0 amide bonds. The third-order valence-corrected chi connectivity index (χ3v) is 7.41. The molecular weight excluding hydrogens is 356 g/mol. The Labute approximate surface area is 164 Å². The van der Waals surface area contributed by atoms with E-state index in [1.807, 2.05) is 8.97 Å². The largest absolute Gasteiger partial charge is 0.276 e. The van der Waals surface area contributed by atoms with Crippen LogP contribution in [0.5, 0.6) is 0 Å². The fraction of sp³-hybridized carbons (Fsp3) is 0.667. The van der Waals surface area contributed by atoms with Gasteiger partial charge in [-0.1, -0.05) is 47.0 Å². The van der Waals surface area contributed by atoms with Crippen LogP contribution in [0.1, 0.15) is 70.2 Å². The van der Waals surface area contributed by atoms with Crippen LogP contribution < -0.4 is 5.56 Å². The van der Waals surface area contributed by atoms with E-state index in [1.165, 1.54) is 29.7 Å². The van der Waals surface area contributed by atoms with Crippen LogP contribution >= 0.6 is 11.3 Å². The van der Waals surface area contributed by atoms with Gasteiger partial charge in [0.05, 0.1) is 5.39 Å². The van der Waals surface area contributed by atoms with Gasteiger partial charge in [0, 0.05) is 11.4 Å². The summed E-state index contributed by atoms with van der Waals surface area (Å²) in [6.07, 6.45) is 9.59. The zero-order chi connectivity index (χ0) is 19.2. The molecule has 1 aliphatic carbocycles. The number of aromatic nitrogens is 4. The first-order valence-electron chi connectivity index (χ1n) is 10.3. The molecule has 0 aliphatic heterocycles. The Morgan fingerprint density at radius 1 is 1.26 bits per heavy atom. The van der Waals surface area contributed by atoms with Crippen molar-refractivity contribution in [2.75, 3.05) is 0 Å². The van der Waals surface area contributed by atoms with Gasteiger partial charge in [-0.05, 0) is 42.6 Å². The van der Waals surface area contributed by atoms with Crippen LogP contribution in [0.2, 0.25) is 0 Å². The van der Waals surface area contributed by atoms with Crippen molar-refractivity contribution in [1.29, 1.82) is 0 Å². The molecule has 0 saturated heterocycles. The van der Waals surface area contributed by atoms with Crippen molar-refractivity contribution in [2.24, 2.45) is 11.3 Å². The molecule has 5 nitrogen and oxygen atoms in total. The second-order valence-corrected chi connectivity index (χ2v) is 10.1. The predicted molar refractivity (Wildman–Crippen MR) is 112 cm³/mol. The molecule has 0 bridgehead atoms. The fourth-order valence-electron chi connectivity index (χ4n) is 4.38. The Hall–Kier alpha value is -1.69. The monoisotopic (exact) mass is 386 g/mol. The van der Waals surface area contributed by atoms with Gasteiger partial charge in [0.1, 0.15) is 11.2 Å². The highest BCUT2D eigenvalue weighted by atomic mass is 32.1. The maximum atomic E-state index is 13.4. The number of rotatable bonds is 5. The number of hydrogen-bond donors (Lipinski definition) is 0. The van der Waals surface area contributed by atoms with Crippen LogP contribution in [0.4, 0.5) is 0 Å². The Balaban J connectivity index is 1.81. The Bertz CT molecular complexity index is 1020. The van der Waals surface area contributed by atoms with E-state index in [0.29, 0.717) is 17.1 Å². The van der Waals surface area contributed by atoms with Crippen LogP contribution in [0.15, 0.2) is 11.1 Å². The van der Waals surface area contributed by atoms with Crippen molar-refractivity contribution >= 4 is 27.3 Å². The van der Waals surface area contributed by atoms with Gasteiger partial charge in [-0.2, -0.15) is 0 Å². The van der Waals surface area contributed by atoms with Crippen LogP contribution in [-0.4, -0.2) is 19.2 Å². The normalized spacial score (nSPS) is 17.7. The summed E-state index contributed by atoms with van der Waals surface area (Å²) < 4.78 is 3.89. The highest BCUT2D eigenvalue weighted by Crippen LogP contribution is 2.42. The summed E-state index contributed by atoms with van der Waals surface area (Å²) in [6.45, 7) is 9.93. The lowest BCUT2D eigenvalue weighted by molar-refractivity contribution is 0.218. The van der Waals surface area contributed by atoms with Crippen LogP contribution in [0.3, 0.4) is 0 Å². The minimum absolute atomic E-state index is 0.133. The molecule has 3 heterocycles. The molecule has 4 rings (SSSR count). The van der Waals surface area contributed by atoms with Crippen molar-refractivity contribution in [1.82, 2.24) is 19.2 Å². The van der Waals surface area contributed by atoms with E-state index in [0.717, 1.165) is 42.4 Å². The highest BCUT2D eigenvalue weighted by molar-refractivity contribution is 7.18. The molecule has 3 aromatic heterocycles. The molecule has 0 spiro atoms. The topological polar surface area (TPSA) is 52.2 Å². The summed E-state index contributed by atoms with van der Waals surface area (Å²) in [5.74, 6) is 1.36. The quantitative estimate of drug-likeness (QED) is 0.590. The Morgan fingerprint density at radius 2 is 2.07 bits per heavy atom. The first-order chi connectivity index (χ1) is 12.9. The van der Waals surface area contributed by atoms with Gasteiger partial charge in [-0.15, -0.1) is 21.5 Å². The number of nitrogens with zero attached hydrogens (tertiary/aromatic N) is 4. The van der Waals surface area contributed by atoms with E-state index in [4.69, 9.17) is 0 Å². The smallest absolute Gasteiger partial charge is 0.263 e. The van der Waals surface area contributed by atoms with Crippen molar-refractivity contribution in [3.63, 3.8) is 0 Å². The highest BCUT2D eigenvalue weighted by Gasteiger charge is 2.32. The first-order valence-corrected chi connectivity index (χ1v) is 11.1. The zero-order valence-electron chi connectivity index (χ0n) is 16.9. The van der Waals surface area contributed by atoms with Gasteiger partial charge in [-0.25, -0.2) is 0 Å². The van der Waals surface area contributed by atoms with Crippen LogP contribution in [0, 0.1) is 11.3 Å². The molecule has 1 aliphatic rings. The first kappa shape index (κ1) is 18.7. The summed E-state index contributed by atoms with van der Waals surface area (Å²) in [6, 6.07) is 0. The summed E-state index contributed by atoms with van der Waals surface area (Å²) >= 11 is 1.78. The summed E-state index contributed by atoms with van der Waals surface area (Å²) in [5.41, 5.74) is 1.73. The van der Waals surface area contributed by atoms with E-state index in [9.17, 15) is 4.79 Å². The van der Waals surface area contributed by atoms with E-state index < -0.39 is 0 Å². The molecule has 0 saturated carbocycles. The van der Waals surface area contributed by atoms with Gasteiger partial charge < -0.3 is 0 Å². The summed E-state index contributed by atoms with van der Waals surface area (Å²) in [4.78, 5) is 15.8. The van der Waals surface area contributed by atoms with Crippen LogP contribution in [-0.2, 0) is 19.4 Å². The van der Waals surface area contributed by atoms with Gasteiger partial charge >= 0.3 is 0 Å². The number of thiophene rings is 1. The zero-order valence-corrected chi connectivity index (χ0v) is 17.7. The van der Waals surface area contributed by atoms with Crippen LogP contribution in [0.25, 0.3) is 16.0 Å². The molecule has 0 radical (unpaired) electrons. The predicted octanol–water partition coefficient (Wildman–Crippen LogP) is 4.84. The average molecular weight is 387 g/mol. The van der Waals surface area contributed by atoms with Crippen molar-refractivity contribution in [3.8, 4) is 0 Å². The maximum Gasteiger partial charge on any atom is 0.263 e. The Morgan fingerprint density at radius 3 is 2.81 bits per heavy atom. The molecule has 0 fully saturated rings. The average Bonchev–Trinajstić information content (AvgIpc) is 3.24. The molecule has 27 heavy (non-hydrogen) atoms. The number of unbranched alkanes of at least 4 members (excludes halogenated alkanes) is 3. The lowest BCUT2D eigenvalue weighted by atomic mass is 9.72. The standard InChI is InChI=1S/C21H30N4OS/c1-5-6-7-8-11-24-18(26)17-15-10-9-14(21(2,3)4)12-16(15)27-19(17)25-13-22-23-20(24)25/h13-14H,5-12H2,1-4H3. The SMILES string of the molecule is CCCCCCn1c(=O)c2c3c(sc2n2cnnc12)CC(C(C)(C)C)CC3. The Kier molecular flexibility index (Phi) is 4.87. The molecule has 1 atom stereocenters. The van der Waals surface area contributed by atoms with Gasteiger partial charge in [0.2, 0.25) is 5.78 Å². The van der Waals surface area contributed by atoms with Crippen molar-refractivity contribution in [2.45, 2.75) is 79.2 Å². The van der Waals surface area contributed by atoms with E-state index in [1.54, 1.807) is 17.7 Å². The lowest BCUT2D eigenvalue weighted by Crippen LogP contribution is -2.27. The van der Waals surface area contributed by atoms with Gasteiger partial charge in [-0.3, -0.25) is 13.8 Å². The minimum atomic E-state index is 0.133. The minimum Gasteiger partial charge on any atom is -0.276 e. The summed E-state index contributed by atoms with van der Waals surface area (Å²) in [7, 11) is 0. The van der Waals surface area contributed by atoms with Gasteiger partial charge in [0.25, 0.3) is 5.56 Å². The number of fused-ring (bicyclic) bond motifs is 5. The molecule has 146 valence electrons. The van der Waals surface area contributed by atoms with E-state index in [-0.39, 0.29) is 5.56 Å². The van der Waals surface area contributed by atoms with E-state index in [2.05, 4.69) is 37.9 Å². The second kappa shape index (κ2) is 7.04. The molecule has 3 aromatic rings. The van der Waals surface area contributed by atoms with E-state index >= 15 is 0 Å². The number of aryl methyl sites for hydroxylation is 2. The molecule has 6 heteroatoms. The van der Waals surface area contributed by atoms with Crippen molar-refractivity contribution in [3.05, 3.63) is 27.1 Å². The molecule has 0 N–H and O–H groups in total.